The van der Waals surface area contributed by atoms with Crippen molar-refractivity contribution in [3.8, 4) is 0 Å². The summed E-state index contributed by atoms with van der Waals surface area (Å²) in [6.07, 6.45) is 8.38. The number of fused-ring (bicyclic) bond motifs is 1. The number of nitrogens with zero attached hydrogens (tertiary/aromatic N) is 2. The van der Waals surface area contributed by atoms with Crippen LogP contribution in [0.25, 0.3) is 10.9 Å². The molecule has 12 N–H and O–H groups in total. The summed E-state index contributed by atoms with van der Waals surface area (Å²) in [4.78, 5) is 90.0. The predicted octanol–water partition coefficient (Wildman–Crippen LogP) is 1.34. The summed E-state index contributed by atoms with van der Waals surface area (Å²) >= 11 is 0. The van der Waals surface area contributed by atoms with E-state index in [0.717, 1.165) is 54.1 Å². The number of aromatic amines is 1. The van der Waals surface area contributed by atoms with Crippen molar-refractivity contribution in [1.82, 2.24) is 31.2 Å². The first-order valence-corrected chi connectivity index (χ1v) is 20.9. The van der Waals surface area contributed by atoms with Gasteiger partial charge in [0.15, 0.2) is 5.96 Å². The molecule has 5 amide bonds. The van der Waals surface area contributed by atoms with Gasteiger partial charge in [0, 0.05) is 36.6 Å². The molecule has 324 valence electrons. The maximum absolute atomic E-state index is 14.4. The number of aliphatic imine (C=N–C) groups is 1. The molecule has 0 unspecified atom stereocenters. The highest BCUT2D eigenvalue weighted by atomic mass is 16.4. The molecule has 0 bridgehead atoms. The van der Waals surface area contributed by atoms with Gasteiger partial charge in [-0.05, 0) is 68.6 Å². The maximum atomic E-state index is 14.4. The fourth-order valence-electron chi connectivity index (χ4n) is 8.19. The van der Waals surface area contributed by atoms with E-state index in [0.29, 0.717) is 19.3 Å². The van der Waals surface area contributed by atoms with Gasteiger partial charge in [0.2, 0.25) is 29.5 Å². The molecular formula is C43H60N10O7. The second-order valence-electron chi connectivity index (χ2n) is 16.0. The van der Waals surface area contributed by atoms with Crippen LogP contribution in [0, 0.1) is 5.92 Å². The fraction of sp³-hybridized carbons (Fsp3) is 0.512. The Morgan fingerprint density at radius 2 is 1.50 bits per heavy atom. The molecule has 1 aliphatic carbocycles. The van der Waals surface area contributed by atoms with Gasteiger partial charge in [-0.2, -0.15) is 0 Å². The lowest BCUT2D eigenvalue weighted by Crippen LogP contribution is -2.59. The average molecular weight is 829 g/mol. The minimum absolute atomic E-state index is 0.0234. The Morgan fingerprint density at radius 1 is 0.817 bits per heavy atom. The lowest BCUT2D eigenvalue weighted by Gasteiger charge is -2.31. The van der Waals surface area contributed by atoms with E-state index in [9.17, 15) is 33.9 Å². The zero-order valence-corrected chi connectivity index (χ0v) is 34.2. The third kappa shape index (κ3) is 12.8. The summed E-state index contributed by atoms with van der Waals surface area (Å²) in [5.41, 5.74) is 19.4. The zero-order chi connectivity index (χ0) is 43.2. The van der Waals surface area contributed by atoms with Crippen molar-refractivity contribution in [2.45, 2.75) is 120 Å². The number of hydrogen-bond donors (Lipinski definition) is 9. The monoisotopic (exact) mass is 828 g/mol. The molecule has 2 aliphatic rings. The number of guanidine groups is 1. The molecule has 60 heavy (non-hydrogen) atoms. The number of aliphatic carboxylic acids is 1. The molecule has 2 fully saturated rings. The van der Waals surface area contributed by atoms with Crippen LogP contribution in [-0.2, 0) is 41.6 Å². The first-order chi connectivity index (χ1) is 28.8. The SMILES string of the molecule is C[C@H](NC(=O)[C@@H](N)Cc1ccccc1)C(=O)N1CCC[C@H]1C(=O)N[C@H](CC1CCCCC1)C(=O)N[C@@H](Cc1c[nH]c2ccccc12)C(=O)N[C@H](CCCN=C(N)N)C(=O)O. The normalized spacial score (nSPS) is 18.0. The first kappa shape index (κ1) is 45.1. The Hall–Kier alpha value is -5.97. The number of carbonyl (C=O) groups excluding carboxylic acids is 5. The van der Waals surface area contributed by atoms with Crippen LogP contribution in [-0.4, -0.2) is 106 Å². The van der Waals surface area contributed by atoms with E-state index < -0.39 is 71.8 Å². The van der Waals surface area contributed by atoms with Gasteiger partial charge in [-0.3, -0.25) is 29.0 Å². The van der Waals surface area contributed by atoms with E-state index in [1.54, 1.807) is 13.1 Å². The Morgan fingerprint density at radius 3 is 2.22 bits per heavy atom. The molecule has 3 aromatic rings. The van der Waals surface area contributed by atoms with E-state index >= 15 is 0 Å². The Kier molecular flexibility index (Phi) is 16.4. The van der Waals surface area contributed by atoms with Gasteiger partial charge in [-0.25, -0.2) is 4.79 Å². The summed E-state index contributed by atoms with van der Waals surface area (Å²) in [5, 5.41) is 21.9. The van der Waals surface area contributed by atoms with Gasteiger partial charge in [-0.15, -0.1) is 0 Å². The molecule has 6 atom stereocenters. The minimum Gasteiger partial charge on any atom is -0.480 e. The van der Waals surface area contributed by atoms with Gasteiger partial charge in [0.25, 0.3) is 0 Å². The van der Waals surface area contributed by atoms with Gasteiger partial charge >= 0.3 is 5.97 Å². The Labute approximate surface area is 350 Å². The van der Waals surface area contributed by atoms with Crippen LogP contribution in [0.2, 0.25) is 0 Å². The molecule has 5 rings (SSSR count). The summed E-state index contributed by atoms with van der Waals surface area (Å²) < 4.78 is 0. The van der Waals surface area contributed by atoms with Gasteiger partial charge in [0.05, 0.1) is 6.04 Å². The van der Waals surface area contributed by atoms with Gasteiger partial charge in [0.1, 0.15) is 30.2 Å². The van der Waals surface area contributed by atoms with Crippen LogP contribution in [0.1, 0.15) is 82.3 Å². The van der Waals surface area contributed by atoms with E-state index in [-0.39, 0.29) is 50.7 Å². The third-order valence-corrected chi connectivity index (χ3v) is 11.4. The standard InChI is InChI=1S/C43H60N10O7/c1-26(49-37(54)31(44)22-27-12-4-2-5-13-27)41(58)53-21-11-19-36(53)40(57)52-34(23-28-14-6-3-7-15-28)38(55)51-35(24-29-25-48-32-17-9-8-16-30(29)32)39(56)50-33(42(59)60)18-10-20-47-43(45)46/h2,4-5,8-9,12-13,16-17,25-26,28,31,33-36,48H,3,6-7,10-11,14-15,18-24,44H2,1H3,(H,49,54)(H,50,56)(H,51,55)(H,52,57)(H,59,60)(H4,45,46,47)/t26-,31-,33+,34+,35-,36-/m0/s1. The second kappa shape index (κ2) is 21.9. The Balaban J connectivity index is 1.31. The van der Waals surface area contributed by atoms with E-state index in [2.05, 4.69) is 31.2 Å². The average Bonchev–Trinajstić information content (AvgIpc) is 3.89. The number of para-hydroxylation sites is 1. The number of aromatic nitrogens is 1. The minimum atomic E-state index is -1.29. The number of carboxylic acid groups (broad SMARTS) is 1. The van der Waals surface area contributed by atoms with Crippen molar-refractivity contribution in [1.29, 1.82) is 0 Å². The zero-order valence-electron chi connectivity index (χ0n) is 34.2. The molecule has 1 aliphatic heterocycles. The van der Waals surface area contributed by atoms with Crippen molar-refractivity contribution in [3.05, 3.63) is 71.9 Å². The largest absolute Gasteiger partial charge is 0.480 e. The summed E-state index contributed by atoms with van der Waals surface area (Å²) in [5.74, 6) is -4.01. The number of carboxylic acids is 1. The highest BCUT2D eigenvalue weighted by Gasteiger charge is 2.39. The second-order valence-corrected chi connectivity index (χ2v) is 16.0. The quantitative estimate of drug-likeness (QED) is 0.0448. The summed E-state index contributed by atoms with van der Waals surface area (Å²) in [7, 11) is 0. The molecule has 2 aromatic carbocycles. The molecule has 0 spiro atoms. The van der Waals surface area contributed by atoms with Gasteiger partial charge < -0.3 is 53.5 Å². The number of nitrogens with one attached hydrogen (secondary N) is 5. The molecule has 1 saturated heterocycles. The smallest absolute Gasteiger partial charge is 0.326 e. The number of rotatable bonds is 20. The number of likely N-dealkylation sites (tertiary alicyclic amines) is 1. The van der Waals surface area contributed by atoms with Crippen LogP contribution < -0.4 is 38.5 Å². The molecular weight excluding hydrogens is 769 g/mol. The topological polar surface area (TPSA) is 280 Å². The van der Waals surface area contributed by atoms with E-state index in [1.807, 2.05) is 54.6 Å². The van der Waals surface area contributed by atoms with Crippen molar-refractivity contribution in [3.63, 3.8) is 0 Å². The van der Waals surface area contributed by atoms with Crippen molar-refractivity contribution in [2.24, 2.45) is 28.1 Å². The highest BCUT2D eigenvalue weighted by Crippen LogP contribution is 2.28. The number of amides is 5. The molecule has 0 radical (unpaired) electrons. The number of hydrogen-bond acceptors (Lipinski definition) is 8. The van der Waals surface area contributed by atoms with Crippen LogP contribution in [0.3, 0.4) is 0 Å². The third-order valence-electron chi connectivity index (χ3n) is 11.4. The van der Waals surface area contributed by atoms with Gasteiger partial charge in [-0.1, -0.05) is 80.6 Å². The number of carbonyl (C=O) groups is 6. The Bertz CT molecular complexity index is 1980. The van der Waals surface area contributed by atoms with Crippen molar-refractivity contribution < 1.29 is 33.9 Å². The van der Waals surface area contributed by atoms with E-state index in [1.165, 1.54) is 4.90 Å². The highest BCUT2D eigenvalue weighted by molar-refractivity contribution is 5.97. The fourth-order valence-corrected chi connectivity index (χ4v) is 8.19. The molecule has 1 aromatic heterocycles. The van der Waals surface area contributed by atoms with Crippen LogP contribution in [0.5, 0.6) is 0 Å². The van der Waals surface area contributed by atoms with Crippen molar-refractivity contribution >= 4 is 52.4 Å². The molecule has 17 nitrogen and oxygen atoms in total. The predicted molar refractivity (Wildman–Crippen MR) is 227 cm³/mol. The molecule has 1 saturated carbocycles. The van der Waals surface area contributed by atoms with Crippen LogP contribution in [0.4, 0.5) is 0 Å². The number of nitrogens with two attached hydrogens (primary N) is 3. The lowest BCUT2D eigenvalue weighted by molar-refractivity contribution is -0.143. The summed E-state index contributed by atoms with van der Waals surface area (Å²) in [6.45, 7) is 2.01. The lowest BCUT2D eigenvalue weighted by atomic mass is 9.84. The first-order valence-electron chi connectivity index (χ1n) is 20.9. The number of benzene rings is 2. The van der Waals surface area contributed by atoms with E-state index in [4.69, 9.17) is 17.2 Å². The maximum Gasteiger partial charge on any atom is 0.326 e. The molecule has 2 heterocycles. The summed E-state index contributed by atoms with van der Waals surface area (Å²) in [6, 6.07) is 10.5. The van der Waals surface area contributed by atoms with Crippen molar-refractivity contribution in [2.75, 3.05) is 13.1 Å². The van der Waals surface area contributed by atoms with Crippen LogP contribution >= 0.6 is 0 Å². The molecule has 17 heteroatoms. The number of H-pyrrole nitrogens is 1. The van der Waals surface area contributed by atoms with Crippen LogP contribution in [0.15, 0.2) is 65.8 Å².